The van der Waals surface area contributed by atoms with Gasteiger partial charge < -0.3 is 20.1 Å². The molecule has 1 aromatic rings. The topological polar surface area (TPSA) is 47.7 Å². The van der Waals surface area contributed by atoms with E-state index in [4.69, 9.17) is 15.2 Å². The van der Waals surface area contributed by atoms with Crippen molar-refractivity contribution < 1.29 is 9.47 Å². The molecule has 2 N–H and O–H groups in total. The Morgan fingerprint density at radius 3 is 2.58 bits per heavy atom. The van der Waals surface area contributed by atoms with Crippen LogP contribution in [-0.2, 0) is 0 Å². The molecule has 2 rings (SSSR count). The molecule has 1 aliphatic rings. The lowest BCUT2D eigenvalue weighted by atomic mass is 10.0. The number of ether oxygens (including phenoxy) is 2. The Balaban J connectivity index is 1.78. The highest BCUT2D eigenvalue weighted by Crippen LogP contribution is 2.20. The van der Waals surface area contributed by atoms with E-state index in [1.54, 1.807) is 7.11 Å². The monoisotopic (exact) mass is 264 g/mol. The number of nitrogens with two attached hydrogens (primary N) is 1. The average molecular weight is 264 g/mol. The van der Waals surface area contributed by atoms with Crippen LogP contribution in [0.5, 0.6) is 11.5 Å². The predicted octanol–water partition coefficient (Wildman–Crippen LogP) is 1.74. The number of nitrogens with zero attached hydrogens (tertiary/aromatic N) is 1. The first-order valence-corrected chi connectivity index (χ1v) is 6.97. The fourth-order valence-corrected chi connectivity index (χ4v) is 2.50. The van der Waals surface area contributed by atoms with Gasteiger partial charge in [-0.3, -0.25) is 0 Å². The lowest BCUT2D eigenvalue weighted by Gasteiger charge is -2.20. The summed E-state index contributed by atoms with van der Waals surface area (Å²) in [7, 11) is 1.66. The van der Waals surface area contributed by atoms with E-state index in [1.165, 1.54) is 6.42 Å². The number of hydrogen-bond donors (Lipinski definition) is 1. The van der Waals surface area contributed by atoms with Crippen molar-refractivity contribution in [3.05, 3.63) is 24.3 Å². The first kappa shape index (κ1) is 14.2. The molecule has 1 fully saturated rings. The summed E-state index contributed by atoms with van der Waals surface area (Å²) in [6, 6.07) is 7.74. The number of benzene rings is 1. The lowest BCUT2D eigenvalue weighted by Crippen LogP contribution is -2.37. The van der Waals surface area contributed by atoms with Gasteiger partial charge >= 0.3 is 0 Å². The molecular weight excluding hydrogens is 240 g/mol. The predicted molar refractivity (Wildman–Crippen MR) is 76.7 cm³/mol. The van der Waals surface area contributed by atoms with Gasteiger partial charge in [-0.25, -0.2) is 0 Å². The zero-order chi connectivity index (χ0) is 13.7. The third kappa shape index (κ3) is 3.85. The Hall–Kier alpha value is -1.26. The third-order valence-electron chi connectivity index (χ3n) is 3.86. The summed E-state index contributed by atoms with van der Waals surface area (Å²) in [5.74, 6) is 2.24. The second kappa shape index (κ2) is 6.78. The molecule has 4 heteroatoms. The molecule has 1 saturated heterocycles. The molecule has 1 heterocycles. The summed E-state index contributed by atoms with van der Waals surface area (Å²) in [6.45, 7) is 6.15. The van der Waals surface area contributed by atoms with Crippen molar-refractivity contribution in [2.45, 2.75) is 19.4 Å². The molecule has 0 spiro atoms. The molecule has 2 atom stereocenters. The van der Waals surface area contributed by atoms with E-state index < -0.39 is 0 Å². The molecule has 106 valence electrons. The van der Waals surface area contributed by atoms with E-state index in [1.807, 2.05) is 24.3 Å². The highest BCUT2D eigenvalue weighted by atomic mass is 16.5. The van der Waals surface area contributed by atoms with Gasteiger partial charge in [-0.2, -0.15) is 0 Å². The second-order valence-electron chi connectivity index (χ2n) is 5.09. The summed E-state index contributed by atoms with van der Waals surface area (Å²) >= 11 is 0. The maximum Gasteiger partial charge on any atom is 0.119 e. The van der Waals surface area contributed by atoms with Gasteiger partial charge in [0.2, 0.25) is 0 Å². The van der Waals surface area contributed by atoms with Gasteiger partial charge in [0.05, 0.1) is 7.11 Å². The van der Waals surface area contributed by atoms with E-state index in [0.29, 0.717) is 12.5 Å². The van der Waals surface area contributed by atoms with Crippen LogP contribution < -0.4 is 15.2 Å². The van der Waals surface area contributed by atoms with Crippen molar-refractivity contribution in [3.63, 3.8) is 0 Å². The standard InChI is InChI=1S/C15H24N2O2/c1-3-17-9-8-12(10-17)15(16)11-19-14-6-4-13(18-2)5-7-14/h4-7,12,15H,3,8-11,16H2,1-2H3. The Bertz CT molecular complexity index is 380. The van der Waals surface area contributed by atoms with Crippen LogP contribution in [0, 0.1) is 5.92 Å². The largest absolute Gasteiger partial charge is 0.497 e. The highest BCUT2D eigenvalue weighted by Gasteiger charge is 2.26. The van der Waals surface area contributed by atoms with Crippen molar-refractivity contribution >= 4 is 0 Å². The van der Waals surface area contributed by atoms with Gasteiger partial charge in [-0.05, 0) is 49.7 Å². The van der Waals surface area contributed by atoms with Gasteiger partial charge in [0.15, 0.2) is 0 Å². The second-order valence-corrected chi connectivity index (χ2v) is 5.09. The SMILES string of the molecule is CCN1CCC(C(N)COc2ccc(OC)cc2)C1. The number of rotatable bonds is 6. The molecule has 1 aromatic carbocycles. The summed E-state index contributed by atoms with van der Waals surface area (Å²) in [5.41, 5.74) is 6.22. The molecule has 0 aromatic heterocycles. The van der Waals surface area contributed by atoms with Crippen LogP contribution >= 0.6 is 0 Å². The van der Waals surface area contributed by atoms with Crippen LogP contribution in [0.1, 0.15) is 13.3 Å². The Morgan fingerprint density at radius 1 is 1.32 bits per heavy atom. The van der Waals surface area contributed by atoms with Crippen molar-refractivity contribution in [1.82, 2.24) is 4.90 Å². The van der Waals surface area contributed by atoms with E-state index in [9.17, 15) is 0 Å². The molecule has 1 aliphatic heterocycles. The molecular formula is C15H24N2O2. The van der Waals surface area contributed by atoms with Crippen LogP contribution in [0.2, 0.25) is 0 Å². The van der Waals surface area contributed by atoms with Gasteiger partial charge in [0, 0.05) is 12.6 Å². The zero-order valence-electron chi connectivity index (χ0n) is 11.8. The van der Waals surface area contributed by atoms with Crippen molar-refractivity contribution in [2.75, 3.05) is 33.4 Å². The van der Waals surface area contributed by atoms with Crippen LogP contribution in [0.25, 0.3) is 0 Å². The van der Waals surface area contributed by atoms with Gasteiger partial charge in [0.1, 0.15) is 18.1 Å². The Labute approximate surface area is 115 Å². The van der Waals surface area contributed by atoms with Gasteiger partial charge in [0.25, 0.3) is 0 Å². The Morgan fingerprint density at radius 2 is 2.00 bits per heavy atom. The Kier molecular flexibility index (Phi) is 5.05. The quantitative estimate of drug-likeness (QED) is 0.850. The third-order valence-corrected chi connectivity index (χ3v) is 3.86. The molecule has 4 nitrogen and oxygen atoms in total. The zero-order valence-corrected chi connectivity index (χ0v) is 11.8. The van der Waals surface area contributed by atoms with E-state index in [-0.39, 0.29) is 6.04 Å². The molecule has 19 heavy (non-hydrogen) atoms. The summed E-state index contributed by atoms with van der Waals surface area (Å²) in [5, 5.41) is 0. The van der Waals surface area contributed by atoms with E-state index in [0.717, 1.165) is 31.1 Å². The molecule has 0 radical (unpaired) electrons. The molecule has 2 unspecified atom stereocenters. The first-order chi connectivity index (χ1) is 9.22. The minimum atomic E-state index is 0.110. The van der Waals surface area contributed by atoms with Crippen molar-refractivity contribution in [3.8, 4) is 11.5 Å². The smallest absolute Gasteiger partial charge is 0.119 e. The average Bonchev–Trinajstić information content (AvgIpc) is 2.94. The molecule has 0 aliphatic carbocycles. The van der Waals surface area contributed by atoms with Crippen LogP contribution in [0.15, 0.2) is 24.3 Å². The van der Waals surface area contributed by atoms with E-state index >= 15 is 0 Å². The molecule has 0 saturated carbocycles. The number of methoxy groups -OCH3 is 1. The number of hydrogen-bond acceptors (Lipinski definition) is 4. The fourth-order valence-electron chi connectivity index (χ4n) is 2.50. The maximum absolute atomic E-state index is 6.22. The van der Waals surface area contributed by atoms with Gasteiger partial charge in [-0.1, -0.05) is 6.92 Å². The first-order valence-electron chi connectivity index (χ1n) is 6.97. The van der Waals surface area contributed by atoms with Crippen molar-refractivity contribution in [1.29, 1.82) is 0 Å². The van der Waals surface area contributed by atoms with Crippen LogP contribution in [0.4, 0.5) is 0 Å². The number of likely N-dealkylation sites (tertiary alicyclic amines) is 1. The minimum absolute atomic E-state index is 0.110. The lowest BCUT2D eigenvalue weighted by molar-refractivity contribution is 0.241. The summed E-state index contributed by atoms with van der Waals surface area (Å²) < 4.78 is 10.9. The molecule has 0 amide bonds. The summed E-state index contributed by atoms with van der Waals surface area (Å²) in [4.78, 5) is 2.44. The van der Waals surface area contributed by atoms with E-state index in [2.05, 4.69) is 11.8 Å². The van der Waals surface area contributed by atoms with Crippen LogP contribution in [-0.4, -0.2) is 44.3 Å². The van der Waals surface area contributed by atoms with Crippen LogP contribution in [0.3, 0.4) is 0 Å². The molecule has 0 bridgehead atoms. The van der Waals surface area contributed by atoms with Crippen molar-refractivity contribution in [2.24, 2.45) is 11.7 Å². The fraction of sp³-hybridized carbons (Fsp3) is 0.600. The minimum Gasteiger partial charge on any atom is -0.497 e. The highest BCUT2D eigenvalue weighted by molar-refractivity contribution is 5.31. The normalized spacial score (nSPS) is 21.3. The maximum atomic E-state index is 6.22. The van der Waals surface area contributed by atoms with Gasteiger partial charge in [-0.15, -0.1) is 0 Å². The summed E-state index contributed by atoms with van der Waals surface area (Å²) in [6.07, 6.45) is 1.18.